The topological polar surface area (TPSA) is 92.5 Å². The number of fused-ring (bicyclic) bond motifs is 1. The Labute approximate surface area is 123 Å². The molecule has 0 saturated carbocycles. The van der Waals surface area contributed by atoms with Crippen molar-refractivity contribution in [1.29, 1.82) is 0 Å². The summed E-state index contributed by atoms with van der Waals surface area (Å²) in [7, 11) is 0. The fourth-order valence-corrected chi connectivity index (χ4v) is 2.21. The number of nitrogens with two attached hydrogens (primary N) is 1. The maximum Gasteiger partial charge on any atom is 0.261 e. The van der Waals surface area contributed by atoms with Crippen molar-refractivity contribution in [2.75, 3.05) is 12.3 Å². The average Bonchev–Trinajstić information content (AvgIpc) is 2.57. The summed E-state index contributed by atoms with van der Waals surface area (Å²) >= 11 is 0. The number of amides is 3. The first-order valence-corrected chi connectivity index (χ1v) is 6.76. The normalized spacial score (nSPS) is 14.3. The van der Waals surface area contributed by atoms with Crippen molar-refractivity contribution in [3.05, 3.63) is 29.3 Å². The Morgan fingerprint density at radius 1 is 1.19 bits per heavy atom. The van der Waals surface area contributed by atoms with Crippen molar-refractivity contribution in [2.24, 2.45) is 0 Å². The first-order valence-electron chi connectivity index (χ1n) is 6.76. The quantitative estimate of drug-likeness (QED) is 0.645. The van der Waals surface area contributed by atoms with Crippen molar-refractivity contribution in [3.8, 4) is 0 Å². The third-order valence-corrected chi connectivity index (χ3v) is 3.07. The summed E-state index contributed by atoms with van der Waals surface area (Å²) in [6, 6.07) is 4.62. The molecule has 1 aromatic carbocycles. The number of nitrogens with zero attached hydrogens (tertiary/aromatic N) is 1. The van der Waals surface area contributed by atoms with Gasteiger partial charge in [0.05, 0.1) is 11.1 Å². The molecule has 2 rings (SSSR count). The molecule has 0 bridgehead atoms. The lowest BCUT2D eigenvalue weighted by Crippen LogP contribution is -2.42. The molecule has 3 N–H and O–H groups in total. The van der Waals surface area contributed by atoms with Crippen LogP contribution in [0, 0.1) is 0 Å². The summed E-state index contributed by atoms with van der Waals surface area (Å²) in [5.74, 6) is -0.969. The molecule has 6 heteroatoms. The standard InChI is InChI=1S/C15H19N3O3/c1-15(2,3)17-12(19)6-7-18-13(20)10-5-4-9(16)8-11(10)14(18)21/h4-5,8H,6-7,16H2,1-3H3,(H,17,19). The highest BCUT2D eigenvalue weighted by atomic mass is 16.2. The molecule has 0 atom stereocenters. The monoisotopic (exact) mass is 289 g/mol. The van der Waals surface area contributed by atoms with Crippen LogP contribution in [-0.4, -0.2) is 34.7 Å². The molecule has 3 amide bonds. The van der Waals surface area contributed by atoms with Gasteiger partial charge >= 0.3 is 0 Å². The third kappa shape index (κ3) is 3.21. The molecule has 21 heavy (non-hydrogen) atoms. The van der Waals surface area contributed by atoms with Crippen LogP contribution in [0.1, 0.15) is 47.9 Å². The number of carbonyl (C=O) groups excluding carboxylic acids is 3. The van der Waals surface area contributed by atoms with E-state index < -0.39 is 5.91 Å². The maximum absolute atomic E-state index is 12.2. The predicted molar refractivity (Wildman–Crippen MR) is 78.7 cm³/mol. The summed E-state index contributed by atoms with van der Waals surface area (Å²) in [6.45, 7) is 5.68. The van der Waals surface area contributed by atoms with Gasteiger partial charge in [0.1, 0.15) is 0 Å². The van der Waals surface area contributed by atoms with E-state index in [-0.39, 0.29) is 30.3 Å². The first kappa shape index (κ1) is 15.0. The molecule has 0 unspecified atom stereocenters. The van der Waals surface area contributed by atoms with Crippen molar-refractivity contribution in [3.63, 3.8) is 0 Å². The van der Waals surface area contributed by atoms with Gasteiger partial charge in [-0.1, -0.05) is 0 Å². The molecule has 0 aliphatic carbocycles. The lowest BCUT2D eigenvalue weighted by Gasteiger charge is -2.21. The summed E-state index contributed by atoms with van der Waals surface area (Å²) in [5.41, 5.74) is 6.36. The molecular weight excluding hydrogens is 270 g/mol. The van der Waals surface area contributed by atoms with Crippen LogP contribution in [-0.2, 0) is 4.79 Å². The highest BCUT2D eigenvalue weighted by Gasteiger charge is 2.35. The van der Waals surface area contributed by atoms with Gasteiger partial charge in [0.15, 0.2) is 0 Å². The molecule has 1 heterocycles. The van der Waals surface area contributed by atoms with Crippen LogP contribution in [0.25, 0.3) is 0 Å². The number of carbonyl (C=O) groups is 3. The molecule has 0 radical (unpaired) electrons. The second-order valence-corrected chi connectivity index (χ2v) is 6.12. The number of hydrogen-bond donors (Lipinski definition) is 2. The highest BCUT2D eigenvalue weighted by molar-refractivity contribution is 6.21. The van der Waals surface area contributed by atoms with Crippen LogP contribution in [0.4, 0.5) is 5.69 Å². The zero-order valence-electron chi connectivity index (χ0n) is 12.4. The fraction of sp³-hybridized carbons (Fsp3) is 0.400. The Morgan fingerprint density at radius 2 is 1.81 bits per heavy atom. The Balaban J connectivity index is 2.05. The maximum atomic E-state index is 12.2. The Morgan fingerprint density at radius 3 is 2.43 bits per heavy atom. The Bertz CT molecular complexity index is 617. The number of imide groups is 1. The van der Waals surface area contributed by atoms with Crippen LogP contribution in [0.2, 0.25) is 0 Å². The summed E-state index contributed by atoms with van der Waals surface area (Å²) in [6.07, 6.45) is 0.0816. The molecule has 6 nitrogen and oxygen atoms in total. The van der Waals surface area contributed by atoms with E-state index in [4.69, 9.17) is 5.73 Å². The molecule has 1 aliphatic rings. The van der Waals surface area contributed by atoms with Gasteiger partial charge in [-0.2, -0.15) is 0 Å². The lowest BCUT2D eigenvalue weighted by molar-refractivity contribution is -0.122. The van der Waals surface area contributed by atoms with E-state index in [0.29, 0.717) is 16.8 Å². The minimum atomic E-state index is -0.397. The predicted octanol–water partition coefficient (Wildman–Crippen LogP) is 1.17. The lowest BCUT2D eigenvalue weighted by atomic mass is 10.1. The Hall–Kier alpha value is -2.37. The molecule has 0 fully saturated rings. The zero-order valence-corrected chi connectivity index (χ0v) is 12.4. The molecule has 0 spiro atoms. The number of nitrogens with one attached hydrogen (secondary N) is 1. The fourth-order valence-electron chi connectivity index (χ4n) is 2.21. The minimum Gasteiger partial charge on any atom is -0.399 e. The number of benzene rings is 1. The Kier molecular flexibility index (Phi) is 3.72. The van der Waals surface area contributed by atoms with Crippen LogP contribution in [0.3, 0.4) is 0 Å². The van der Waals surface area contributed by atoms with Gasteiger partial charge in [0.2, 0.25) is 5.91 Å². The largest absolute Gasteiger partial charge is 0.399 e. The smallest absolute Gasteiger partial charge is 0.261 e. The van der Waals surface area contributed by atoms with Crippen molar-refractivity contribution in [2.45, 2.75) is 32.7 Å². The van der Waals surface area contributed by atoms with Crippen LogP contribution < -0.4 is 11.1 Å². The van der Waals surface area contributed by atoms with Crippen LogP contribution in [0.5, 0.6) is 0 Å². The molecule has 0 saturated heterocycles. The van der Waals surface area contributed by atoms with E-state index in [9.17, 15) is 14.4 Å². The minimum absolute atomic E-state index is 0.0637. The van der Waals surface area contributed by atoms with Crippen molar-refractivity contribution >= 4 is 23.4 Å². The molecule has 1 aromatic rings. The average molecular weight is 289 g/mol. The zero-order chi connectivity index (χ0) is 15.8. The van der Waals surface area contributed by atoms with Gasteiger partial charge in [-0.3, -0.25) is 19.3 Å². The van der Waals surface area contributed by atoms with Gasteiger partial charge in [-0.15, -0.1) is 0 Å². The summed E-state index contributed by atoms with van der Waals surface area (Å²) in [4.78, 5) is 37.2. The number of nitrogen functional groups attached to an aromatic ring is 1. The van der Waals surface area contributed by atoms with Gasteiger partial charge in [0.25, 0.3) is 11.8 Å². The number of rotatable bonds is 3. The van der Waals surface area contributed by atoms with Crippen LogP contribution >= 0.6 is 0 Å². The van der Waals surface area contributed by atoms with E-state index in [0.717, 1.165) is 4.90 Å². The van der Waals surface area contributed by atoms with Gasteiger partial charge in [-0.05, 0) is 39.0 Å². The van der Waals surface area contributed by atoms with E-state index in [1.54, 1.807) is 12.1 Å². The van der Waals surface area contributed by atoms with Crippen LogP contribution in [0.15, 0.2) is 18.2 Å². The molecule has 112 valence electrons. The van der Waals surface area contributed by atoms with Crippen molar-refractivity contribution < 1.29 is 14.4 Å². The third-order valence-electron chi connectivity index (χ3n) is 3.07. The highest BCUT2D eigenvalue weighted by Crippen LogP contribution is 2.24. The first-order chi connectivity index (χ1) is 9.69. The van der Waals surface area contributed by atoms with Gasteiger partial charge in [-0.25, -0.2) is 0 Å². The number of hydrogen-bond acceptors (Lipinski definition) is 4. The van der Waals surface area contributed by atoms with E-state index in [1.165, 1.54) is 6.07 Å². The van der Waals surface area contributed by atoms with Gasteiger partial charge in [0, 0.05) is 24.2 Å². The summed E-state index contributed by atoms with van der Waals surface area (Å²) < 4.78 is 0. The number of anilines is 1. The molecule has 0 aromatic heterocycles. The van der Waals surface area contributed by atoms with E-state index >= 15 is 0 Å². The second kappa shape index (κ2) is 5.20. The van der Waals surface area contributed by atoms with E-state index in [2.05, 4.69) is 5.32 Å². The summed E-state index contributed by atoms with van der Waals surface area (Å²) in [5, 5.41) is 2.79. The van der Waals surface area contributed by atoms with Gasteiger partial charge < -0.3 is 11.1 Å². The SMILES string of the molecule is CC(C)(C)NC(=O)CCN1C(=O)c2ccc(N)cc2C1=O. The second-order valence-electron chi connectivity index (χ2n) is 6.12. The molecule has 1 aliphatic heterocycles. The molecular formula is C15H19N3O3. The van der Waals surface area contributed by atoms with Crippen molar-refractivity contribution in [1.82, 2.24) is 10.2 Å². The van der Waals surface area contributed by atoms with E-state index in [1.807, 2.05) is 20.8 Å².